The Morgan fingerprint density at radius 2 is 1.79 bits per heavy atom. The van der Waals surface area contributed by atoms with Crippen LogP contribution in [0.25, 0.3) is 10.2 Å². The molecule has 0 radical (unpaired) electrons. The molecule has 2 heterocycles. The lowest BCUT2D eigenvalue weighted by molar-refractivity contribution is 0.0658. The molecular formula is C23H26N4OS. The summed E-state index contributed by atoms with van der Waals surface area (Å²) in [5.41, 5.74) is 5.03. The number of aromatic nitrogens is 1. The Labute approximate surface area is 175 Å². The van der Waals surface area contributed by atoms with Crippen LogP contribution in [-0.2, 0) is 5.54 Å². The first-order valence-corrected chi connectivity index (χ1v) is 11.1. The van der Waals surface area contributed by atoms with E-state index in [9.17, 15) is 4.79 Å². The molecule has 3 aromatic rings. The van der Waals surface area contributed by atoms with Crippen molar-refractivity contribution in [3.8, 4) is 0 Å². The number of thiazole rings is 1. The van der Waals surface area contributed by atoms with Gasteiger partial charge < -0.3 is 5.32 Å². The molecule has 1 saturated heterocycles. The average molecular weight is 407 g/mol. The monoisotopic (exact) mass is 406 g/mol. The van der Waals surface area contributed by atoms with Crippen molar-refractivity contribution >= 4 is 33.3 Å². The highest BCUT2D eigenvalue weighted by atomic mass is 32.1. The zero-order chi connectivity index (χ0) is 20.1. The molecule has 2 aromatic carbocycles. The minimum Gasteiger partial charge on any atom is -0.330 e. The van der Waals surface area contributed by atoms with Gasteiger partial charge in [-0.25, -0.2) is 9.78 Å². The molecule has 2 fully saturated rings. The molecule has 1 aliphatic heterocycles. The van der Waals surface area contributed by atoms with Crippen LogP contribution in [0.4, 0.5) is 10.5 Å². The van der Waals surface area contributed by atoms with Crippen molar-refractivity contribution in [2.75, 3.05) is 25.5 Å². The van der Waals surface area contributed by atoms with Gasteiger partial charge in [0.2, 0.25) is 0 Å². The maximum atomic E-state index is 13.0. The molecule has 150 valence electrons. The second kappa shape index (κ2) is 6.82. The summed E-state index contributed by atoms with van der Waals surface area (Å²) in [7, 11) is 4.35. The molecule has 2 aliphatic rings. The topological polar surface area (TPSA) is 48.5 Å². The summed E-state index contributed by atoms with van der Waals surface area (Å²) < 4.78 is 1.09. The predicted octanol–water partition coefficient (Wildman–Crippen LogP) is 4.60. The van der Waals surface area contributed by atoms with Gasteiger partial charge in [-0.05, 0) is 57.5 Å². The van der Waals surface area contributed by atoms with Crippen LogP contribution in [0.5, 0.6) is 0 Å². The van der Waals surface area contributed by atoms with Gasteiger partial charge in [0.1, 0.15) is 0 Å². The third-order valence-electron chi connectivity index (χ3n) is 6.91. The number of nitrogens with zero attached hydrogens (tertiary/aromatic N) is 3. The normalized spacial score (nSPS) is 27.1. The molecule has 5 rings (SSSR count). The average Bonchev–Trinajstić information content (AvgIpc) is 3.34. The number of carbonyl (C=O) groups excluding carboxylic acids is 1. The van der Waals surface area contributed by atoms with Gasteiger partial charge in [-0.3, -0.25) is 9.80 Å². The minimum absolute atomic E-state index is 0.0166. The fraction of sp³-hybridized carbons (Fsp3) is 0.391. The Hall–Kier alpha value is -2.44. The van der Waals surface area contributed by atoms with E-state index >= 15 is 0 Å². The van der Waals surface area contributed by atoms with Crippen molar-refractivity contribution in [2.24, 2.45) is 0 Å². The molecule has 1 N–H and O–H groups in total. The predicted molar refractivity (Wildman–Crippen MR) is 119 cm³/mol. The number of hydrogen-bond donors (Lipinski definition) is 1. The Morgan fingerprint density at radius 1 is 1.03 bits per heavy atom. The maximum absolute atomic E-state index is 13.0. The van der Waals surface area contributed by atoms with Crippen LogP contribution < -0.4 is 10.2 Å². The summed E-state index contributed by atoms with van der Waals surface area (Å²) in [6, 6.07) is 16.8. The van der Waals surface area contributed by atoms with E-state index in [0.29, 0.717) is 0 Å². The summed E-state index contributed by atoms with van der Waals surface area (Å²) in [5, 5.41) is 3.36. The van der Waals surface area contributed by atoms with Gasteiger partial charge in [-0.1, -0.05) is 36.4 Å². The molecular weight excluding hydrogens is 380 g/mol. The van der Waals surface area contributed by atoms with E-state index in [1.165, 1.54) is 5.56 Å². The zero-order valence-electron chi connectivity index (χ0n) is 16.9. The largest absolute Gasteiger partial charge is 0.330 e. The molecule has 1 saturated carbocycles. The van der Waals surface area contributed by atoms with E-state index in [-0.39, 0.29) is 17.1 Å². The van der Waals surface area contributed by atoms with Crippen molar-refractivity contribution in [3.05, 3.63) is 59.6 Å². The summed E-state index contributed by atoms with van der Waals surface area (Å²) >= 11 is 1.60. The Morgan fingerprint density at radius 3 is 2.52 bits per heavy atom. The van der Waals surface area contributed by atoms with Crippen molar-refractivity contribution < 1.29 is 4.79 Å². The van der Waals surface area contributed by atoms with E-state index in [1.807, 2.05) is 28.6 Å². The molecule has 29 heavy (non-hydrogen) atoms. The second-order valence-electron chi connectivity index (χ2n) is 8.57. The summed E-state index contributed by atoms with van der Waals surface area (Å²) in [5.74, 6) is 0. The Bertz CT molecular complexity index is 1040. The fourth-order valence-electron chi connectivity index (χ4n) is 5.15. The number of fused-ring (bicyclic) bond motifs is 1. The number of nitrogens with one attached hydrogen (secondary N) is 1. The van der Waals surface area contributed by atoms with Gasteiger partial charge in [0.05, 0.1) is 33.5 Å². The number of carbonyl (C=O) groups is 1. The van der Waals surface area contributed by atoms with Gasteiger partial charge >= 0.3 is 6.03 Å². The van der Waals surface area contributed by atoms with Gasteiger partial charge in [0.25, 0.3) is 0 Å². The highest BCUT2D eigenvalue weighted by Gasteiger charge is 2.50. The summed E-state index contributed by atoms with van der Waals surface area (Å²) in [6.07, 6.45) is 4.01. The molecule has 2 amide bonds. The first-order valence-electron chi connectivity index (χ1n) is 10.2. The van der Waals surface area contributed by atoms with E-state index in [1.54, 1.807) is 11.3 Å². The molecule has 1 aromatic heterocycles. The zero-order valence-corrected chi connectivity index (χ0v) is 17.7. The quantitative estimate of drug-likeness (QED) is 0.692. The Balaban J connectivity index is 1.41. The van der Waals surface area contributed by atoms with E-state index in [4.69, 9.17) is 0 Å². The van der Waals surface area contributed by atoms with Crippen LogP contribution in [0.2, 0.25) is 0 Å². The molecule has 6 heteroatoms. The second-order valence-corrected chi connectivity index (χ2v) is 9.42. The lowest BCUT2D eigenvalue weighted by atomic mass is 9.69. The van der Waals surface area contributed by atoms with E-state index in [2.05, 4.69) is 59.6 Å². The van der Waals surface area contributed by atoms with Gasteiger partial charge in [0, 0.05) is 5.54 Å². The smallest absolute Gasteiger partial charge is 0.322 e. The number of benzene rings is 2. The minimum atomic E-state index is -0.155. The standard InChI is InChI=1S/C23H26N4OS/c1-26(2)23(17-7-4-3-5-8-17)13-11-22(12-14-23)15-27(21(28)25-22)19-10-6-9-18-20(19)29-16-24-18/h3-10,16H,11-15H2,1-2H3,(H,25,28)/t22-,23-. The lowest BCUT2D eigenvalue weighted by Gasteiger charge is -2.48. The number of anilines is 1. The number of urea groups is 1. The van der Waals surface area contributed by atoms with Crippen molar-refractivity contribution in [3.63, 3.8) is 0 Å². The third kappa shape index (κ3) is 2.93. The van der Waals surface area contributed by atoms with Gasteiger partial charge in [-0.2, -0.15) is 0 Å². The molecule has 5 nitrogen and oxygen atoms in total. The van der Waals surface area contributed by atoms with Crippen LogP contribution in [0.15, 0.2) is 54.0 Å². The number of hydrogen-bond acceptors (Lipinski definition) is 4. The number of amides is 2. The summed E-state index contributed by atoms with van der Waals surface area (Å²) in [6.45, 7) is 0.723. The SMILES string of the molecule is CN(C)[C@]1(c2ccccc2)CC[C@@]2(CC1)CN(c1cccc3ncsc13)C(=O)N2. The molecule has 0 atom stereocenters. The fourth-order valence-corrected chi connectivity index (χ4v) is 5.97. The molecule has 0 bridgehead atoms. The van der Waals surface area contributed by atoms with Crippen LogP contribution in [0, 0.1) is 0 Å². The van der Waals surface area contributed by atoms with Gasteiger partial charge in [0.15, 0.2) is 0 Å². The number of rotatable bonds is 3. The maximum Gasteiger partial charge on any atom is 0.322 e. The lowest BCUT2D eigenvalue weighted by Crippen LogP contribution is -2.54. The van der Waals surface area contributed by atoms with Crippen LogP contribution in [-0.4, -0.2) is 42.1 Å². The highest BCUT2D eigenvalue weighted by molar-refractivity contribution is 7.17. The van der Waals surface area contributed by atoms with Crippen LogP contribution in [0.3, 0.4) is 0 Å². The van der Waals surface area contributed by atoms with E-state index < -0.39 is 0 Å². The third-order valence-corrected chi connectivity index (χ3v) is 7.77. The molecule has 1 aliphatic carbocycles. The van der Waals surface area contributed by atoms with Crippen molar-refractivity contribution in [1.82, 2.24) is 15.2 Å². The molecule has 1 spiro atoms. The summed E-state index contributed by atoms with van der Waals surface area (Å²) in [4.78, 5) is 21.7. The van der Waals surface area contributed by atoms with Crippen LogP contribution >= 0.6 is 11.3 Å². The highest BCUT2D eigenvalue weighted by Crippen LogP contribution is 2.46. The van der Waals surface area contributed by atoms with Gasteiger partial charge in [-0.15, -0.1) is 11.3 Å². The molecule has 0 unspecified atom stereocenters. The van der Waals surface area contributed by atoms with E-state index in [0.717, 1.165) is 48.1 Å². The van der Waals surface area contributed by atoms with Crippen molar-refractivity contribution in [1.29, 1.82) is 0 Å². The first kappa shape index (κ1) is 18.6. The Kier molecular flexibility index (Phi) is 4.37. The van der Waals surface area contributed by atoms with Crippen molar-refractivity contribution in [2.45, 2.75) is 36.8 Å². The van der Waals surface area contributed by atoms with Crippen LogP contribution in [0.1, 0.15) is 31.2 Å². The first-order chi connectivity index (χ1) is 14.0.